The number of benzene rings is 2. The third-order valence-corrected chi connectivity index (χ3v) is 5.98. The maximum Gasteiger partial charge on any atom is 0.263 e. The van der Waals surface area contributed by atoms with E-state index in [0.29, 0.717) is 6.42 Å². The highest BCUT2D eigenvalue weighted by atomic mass is 16.5. The van der Waals surface area contributed by atoms with Gasteiger partial charge in [-0.2, -0.15) is 0 Å². The summed E-state index contributed by atoms with van der Waals surface area (Å²) in [5.74, 6) is 0.915. The van der Waals surface area contributed by atoms with E-state index in [1.807, 2.05) is 30.9 Å². The first-order valence-corrected chi connectivity index (χ1v) is 10.2. The number of piperazine rings is 1. The number of carbonyl (C=O) groups excluding carboxylic acids is 1. The molecule has 1 fully saturated rings. The standard InChI is InChI=1S/C24H32N2O2/c1-6-22(28-23-12-8-10-18(3)20(23)5)24(27)26-15-13-25(14-16-26)21-11-7-9-17(2)19(21)4/h7-12,22H,6,13-16H2,1-5H3/t22-/m1/s1. The fourth-order valence-electron chi connectivity index (χ4n) is 3.76. The zero-order valence-electron chi connectivity index (χ0n) is 17.8. The van der Waals surface area contributed by atoms with Gasteiger partial charge < -0.3 is 14.5 Å². The zero-order chi connectivity index (χ0) is 20.3. The predicted octanol–water partition coefficient (Wildman–Crippen LogP) is 4.43. The number of anilines is 1. The molecule has 0 radical (unpaired) electrons. The van der Waals surface area contributed by atoms with Crippen molar-refractivity contribution in [2.75, 3.05) is 31.1 Å². The van der Waals surface area contributed by atoms with Crippen molar-refractivity contribution in [1.29, 1.82) is 0 Å². The minimum Gasteiger partial charge on any atom is -0.480 e. The molecule has 4 nitrogen and oxygen atoms in total. The summed E-state index contributed by atoms with van der Waals surface area (Å²) < 4.78 is 6.13. The second kappa shape index (κ2) is 8.68. The highest BCUT2D eigenvalue weighted by Gasteiger charge is 2.28. The molecule has 150 valence electrons. The Labute approximate surface area is 169 Å². The molecule has 1 amide bonds. The third kappa shape index (κ3) is 4.16. The van der Waals surface area contributed by atoms with Gasteiger partial charge in [0.25, 0.3) is 5.91 Å². The number of rotatable bonds is 5. The number of amides is 1. The summed E-state index contributed by atoms with van der Waals surface area (Å²) >= 11 is 0. The normalized spacial score (nSPS) is 15.5. The second-order valence-electron chi connectivity index (χ2n) is 7.74. The molecule has 2 aromatic rings. The molecule has 0 aromatic heterocycles. The highest BCUT2D eigenvalue weighted by molar-refractivity contribution is 5.81. The number of carbonyl (C=O) groups is 1. The lowest BCUT2D eigenvalue weighted by Crippen LogP contribution is -2.52. The molecule has 0 bridgehead atoms. The molecule has 0 spiro atoms. The van der Waals surface area contributed by atoms with E-state index in [9.17, 15) is 4.79 Å². The molecule has 1 atom stereocenters. The van der Waals surface area contributed by atoms with Crippen LogP contribution >= 0.6 is 0 Å². The van der Waals surface area contributed by atoms with E-state index in [4.69, 9.17) is 4.74 Å². The number of aryl methyl sites for hydroxylation is 2. The number of ether oxygens (including phenoxy) is 1. The fraction of sp³-hybridized carbons (Fsp3) is 0.458. The Hall–Kier alpha value is -2.49. The molecular weight excluding hydrogens is 348 g/mol. The Balaban J connectivity index is 1.65. The summed E-state index contributed by atoms with van der Waals surface area (Å²) in [5, 5.41) is 0. The quantitative estimate of drug-likeness (QED) is 0.769. The first-order chi connectivity index (χ1) is 13.4. The Morgan fingerprint density at radius 1 is 0.929 bits per heavy atom. The molecular formula is C24H32N2O2. The van der Waals surface area contributed by atoms with Crippen molar-refractivity contribution >= 4 is 11.6 Å². The van der Waals surface area contributed by atoms with Gasteiger partial charge in [-0.1, -0.05) is 31.2 Å². The van der Waals surface area contributed by atoms with E-state index in [-0.39, 0.29) is 5.91 Å². The lowest BCUT2D eigenvalue weighted by atomic mass is 10.1. The van der Waals surface area contributed by atoms with Crippen LogP contribution in [0.4, 0.5) is 5.69 Å². The Kier molecular flexibility index (Phi) is 6.28. The van der Waals surface area contributed by atoms with Gasteiger partial charge in [0.05, 0.1) is 0 Å². The van der Waals surface area contributed by atoms with Gasteiger partial charge in [-0.25, -0.2) is 0 Å². The van der Waals surface area contributed by atoms with Crippen LogP contribution in [0.2, 0.25) is 0 Å². The average molecular weight is 381 g/mol. The molecule has 0 saturated carbocycles. The molecule has 1 saturated heterocycles. The lowest BCUT2D eigenvalue weighted by molar-refractivity contribution is -0.139. The Morgan fingerprint density at radius 2 is 1.54 bits per heavy atom. The van der Waals surface area contributed by atoms with Crippen LogP contribution < -0.4 is 9.64 Å². The summed E-state index contributed by atoms with van der Waals surface area (Å²) in [6, 6.07) is 12.4. The smallest absolute Gasteiger partial charge is 0.263 e. The molecule has 0 N–H and O–H groups in total. The Morgan fingerprint density at radius 3 is 2.18 bits per heavy atom. The van der Waals surface area contributed by atoms with E-state index in [2.05, 4.69) is 49.9 Å². The van der Waals surface area contributed by atoms with Crippen molar-refractivity contribution in [3.05, 3.63) is 58.7 Å². The molecule has 3 rings (SSSR count). The number of nitrogens with zero attached hydrogens (tertiary/aromatic N) is 2. The third-order valence-electron chi connectivity index (χ3n) is 5.98. The average Bonchev–Trinajstić information content (AvgIpc) is 2.71. The van der Waals surface area contributed by atoms with E-state index in [0.717, 1.165) is 37.5 Å². The summed E-state index contributed by atoms with van der Waals surface area (Å²) in [5.41, 5.74) is 6.21. The van der Waals surface area contributed by atoms with Crippen LogP contribution in [0.5, 0.6) is 5.75 Å². The van der Waals surface area contributed by atoms with Crippen molar-refractivity contribution in [1.82, 2.24) is 4.90 Å². The summed E-state index contributed by atoms with van der Waals surface area (Å²) in [4.78, 5) is 17.4. The monoisotopic (exact) mass is 380 g/mol. The molecule has 4 heteroatoms. The number of hydrogen-bond donors (Lipinski definition) is 0. The van der Waals surface area contributed by atoms with Gasteiger partial charge in [-0.3, -0.25) is 4.79 Å². The predicted molar refractivity (Wildman–Crippen MR) is 115 cm³/mol. The van der Waals surface area contributed by atoms with Gasteiger partial charge in [0, 0.05) is 31.9 Å². The van der Waals surface area contributed by atoms with Gasteiger partial charge in [0.1, 0.15) is 5.75 Å². The first kappa shape index (κ1) is 20.2. The van der Waals surface area contributed by atoms with Crippen LogP contribution in [0.15, 0.2) is 36.4 Å². The second-order valence-corrected chi connectivity index (χ2v) is 7.74. The van der Waals surface area contributed by atoms with Gasteiger partial charge in [-0.15, -0.1) is 0 Å². The maximum absolute atomic E-state index is 13.1. The van der Waals surface area contributed by atoms with Crippen molar-refractivity contribution in [2.45, 2.75) is 47.1 Å². The summed E-state index contributed by atoms with van der Waals surface area (Å²) in [6.45, 7) is 13.6. The topological polar surface area (TPSA) is 32.8 Å². The fourth-order valence-corrected chi connectivity index (χ4v) is 3.76. The van der Waals surface area contributed by atoms with Gasteiger partial charge in [0.2, 0.25) is 0 Å². The van der Waals surface area contributed by atoms with Crippen molar-refractivity contribution in [2.24, 2.45) is 0 Å². The minimum atomic E-state index is -0.423. The van der Waals surface area contributed by atoms with Gasteiger partial charge in [-0.05, 0) is 68.5 Å². The van der Waals surface area contributed by atoms with E-state index < -0.39 is 6.10 Å². The lowest BCUT2D eigenvalue weighted by Gasteiger charge is -2.38. The van der Waals surface area contributed by atoms with E-state index in [1.54, 1.807) is 0 Å². The van der Waals surface area contributed by atoms with E-state index in [1.165, 1.54) is 22.4 Å². The maximum atomic E-state index is 13.1. The van der Waals surface area contributed by atoms with Crippen LogP contribution in [-0.2, 0) is 4.79 Å². The van der Waals surface area contributed by atoms with Crippen LogP contribution in [0.1, 0.15) is 35.6 Å². The highest BCUT2D eigenvalue weighted by Crippen LogP contribution is 2.25. The van der Waals surface area contributed by atoms with Crippen molar-refractivity contribution in [3.63, 3.8) is 0 Å². The van der Waals surface area contributed by atoms with Crippen molar-refractivity contribution in [3.8, 4) is 5.75 Å². The van der Waals surface area contributed by atoms with E-state index >= 15 is 0 Å². The molecule has 1 aliphatic rings. The largest absolute Gasteiger partial charge is 0.480 e. The van der Waals surface area contributed by atoms with Crippen LogP contribution in [-0.4, -0.2) is 43.1 Å². The zero-order valence-corrected chi connectivity index (χ0v) is 17.8. The molecule has 0 unspecified atom stereocenters. The first-order valence-electron chi connectivity index (χ1n) is 10.2. The summed E-state index contributed by atoms with van der Waals surface area (Å²) in [7, 11) is 0. The molecule has 28 heavy (non-hydrogen) atoms. The van der Waals surface area contributed by atoms with Crippen LogP contribution in [0.25, 0.3) is 0 Å². The van der Waals surface area contributed by atoms with Crippen LogP contribution in [0, 0.1) is 27.7 Å². The van der Waals surface area contributed by atoms with Gasteiger partial charge in [0.15, 0.2) is 6.10 Å². The Bertz CT molecular complexity index is 838. The molecule has 1 aliphatic heterocycles. The SMILES string of the molecule is CC[C@@H](Oc1cccc(C)c1C)C(=O)N1CCN(c2cccc(C)c2C)CC1. The van der Waals surface area contributed by atoms with Gasteiger partial charge >= 0.3 is 0 Å². The number of hydrogen-bond acceptors (Lipinski definition) is 3. The van der Waals surface area contributed by atoms with Crippen molar-refractivity contribution < 1.29 is 9.53 Å². The summed E-state index contributed by atoms with van der Waals surface area (Å²) in [6.07, 6.45) is 0.247. The minimum absolute atomic E-state index is 0.101. The molecule has 0 aliphatic carbocycles. The molecule has 1 heterocycles. The molecule has 2 aromatic carbocycles. The van der Waals surface area contributed by atoms with Crippen LogP contribution in [0.3, 0.4) is 0 Å².